The average molecular weight is 361 g/mol. The van der Waals surface area contributed by atoms with Crippen LogP contribution in [-0.2, 0) is 5.41 Å². The molecule has 1 aliphatic carbocycles. The largest absolute Gasteiger partial charge is 0.0683 e. The van der Waals surface area contributed by atoms with Gasteiger partial charge in [-0.15, -0.1) is 0 Å². The number of fused-ring (bicyclic) bond motifs is 5. The zero-order valence-corrected chi connectivity index (χ0v) is 18.5. The molecule has 0 atom stereocenters. The fourth-order valence-corrected chi connectivity index (χ4v) is 3.89. The molecule has 0 amide bonds. The quantitative estimate of drug-likeness (QED) is 0.407. The summed E-state index contributed by atoms with van der Waals surface area (Å²) < 4.78 is 0. The third-order valence-corrected chi connectivity index (χ3v) is 5.44. The molecule has 144 valence electrons. The van der Waals surface area contributed by atoms with Gasteiger partial charge in [0, 0.05) is 5.41 Å². The summed E-state index contributed by atoms with van der Waals surface area (Å²) in [4.78, 5) is 0. The molecule has 0 bridgehead atoms. The number of unbranched alkanes of at least 4 members (excludes halogenated alkanes) is 1. The van der Waals surface area contributed by atoms with Gasteiger partial charge in [0.1, 0.15) is 0 Å². The van der Waals surface area contributed by atoms with E-state index in [2.05, 4.69) is 90.1 Å². The Hall–Kier alpha value is -2.08. The van der Waals surface area contributed by atoms with Crippen LogP contribution in [0.4, 0.5) is 0 Å². The number of hydrogen-bond donors (Lipinski definition) is 0. The maximum Gasteiger partial charge on any atom is 0.0165 e. The highest BCUT2D eigenvalue weighted by Crippen LogP contribution is 2.51. The van der Waals surface area contributed by atoms with Gasteiger partial charge in [0.25, 0.3) is 0 Å². The monoisotopic (exact) mass is 360 g/mol. The first-order chi connectivity index (χ1) is 12.9. The molecule has 0 aromatic heterocycles. The molecule has 0 saturated carbocycles. The first-order valence-electron chi connectivity index (χ1n) is 10.6. The van der Waals surface area contributed by atoms with E-state index in [0.717, 1.165) is 0 Å². The third-order valence-electron chi connectivity index (χ3n) is 5.44. The van der Waals surface area contributed by atoms with Crippen molar-refractivity contribution < 1.29 is 0 Å². The molecule has 0 nitrogen and oxygen atoms in total. The minimum atomic E-state index is 0.0749. The summed E-state index contributed by atoms with van der Waals surface area (Å²) in [6.45, 7) is 17.4. The molecular weight excluding hydrogens is 324 g/mol. The molecule has 0 saturated heterocycles. The molecular formula is C27H36. The standard InChI is InChI=1S/C21H20.C4H10.C2H6/c1-13-5-8-16-15(11-13)7-10-18-17-9-6-14(2)12-19(17)21(3,4)20(16)18;1-3-4-2;1-2/h5-12H,1-4H3;3-4H2,1-2H3;1-2H3. The molecule has 0 fully saturated rings. The Morgan fingerprint density at radius 2 is 1.26 bits per heavy atom. The minimum Gasteiger partial charge on any atom is -0.0683 e. The SMILES string of the molecule is CC.CCCC.Cc1ccc2c(c1)C(C)(C)c1c-2ccc2cc(C)ccc12. The predicted octanol–water partition coefficient (Wildman–Crippen LogP) is 8.60. The van der Waals surface area contributed by atoms with Gasteiger partial charge in [0.05, 0.1) is 0 Å². The molecule has 0 heterocycles. The van der Waals surface area contributed by atoms with Crippen LogP contribution >= 0.6 is 0 Å². The van der Waals surface area contributed by atoms with E-state index in [9.17, 15) is 0 Å². The number of rotatable bonds is 1. The smallest absolute Gasteiger partial charge is 0.0165 e. The van der Waals surface area contributed by atoms with Crippen LogP contribution in [0.2, 0.25) is 0 Å². The van der Waals surface area contributed by atoms with Crippen LogP contribution in [0.5, 0.6) is 0 Å². The Morgan fingerprint density at radius 3 is 1.89 bits per heavy atom. The van der Waals surface area contributed by atoms with Gasteiger partial charge in [-0.1, -0.05) is 114 Å². The van der Waals surface area contributed by atoms with Gasteiger partial charge in [-0.2, -0.15) is 0 Å². The zero-order chi connectivity index (χ0) is 20.2. The van der Waals surface area contributed by atoms with Crippen LogP contribution < -0.4 is 0 Å². The summed E-state index contributed by atoms with van der Waals surface area (Å²) in [5.41, 5.74) is 8.51. The van der Waals surface area contributed by atoms with E-state index in [1.165, 1.54) is 57.0 Å². The Bertz CT molecular complexity index is 911. The minimum absolute atomic E-state index is 0.0749. The van der Waals surface area contributed by atoms with Gasteiger partial charge in [-0.25, -0.2) is 0 Å². The van der Waals surface area contributed by atoms with Crippen LogP contribution in [-0.4, -0.2) is 0 Å². The van der Waals surface area contributed by atoms with Crippen molar-refractivity contribution in [3.05, 3.63) is 70.8 Å². The highest BCUT2D eigenvalue weighted by molar-refractivity contribution is 5.97. The summed E-state index contributed by atoms with van der Waals surface area (Å²) in [5, 5.41) is 2.75. The lowest BCUT2D eigenvalue weighted by Crippen LogP contribution is -2.15. The van der Waals surface area contributed by atoms with Crippen molar-refractivity contribution in [2.45, 2.75) is 73.6 Å². The first kappa shape index (κ1) is 21.2. The van der Waals surface area contributed by atoms with Crippen LogP contribution in [0, 0.1) is 13.8 Å². The number of aryl methyl sites for hydroxylation is 2. The van der Waals surface area contributed by atoms with E-state index < -0.39 is 0 Å². The van der Waals surface area contributed by atoms with Crippen LogP contribution in [0.15, 0.2) is 48.5 Å². The van der Waals surface area contributed by atoms with Gasteiger partial charge in [0.2, 0.25) is 0 Å². The Kier molecular flexibility index (Phi) is 6.87. The normalized spacial score (nSPS) is 13.0. The second kappa shape index (κ2) is 8.74. The molecule has 0 spiro atoms. The zero-order valence-electron chi connectivity index (χ0n) is 18.5. The molecule has 3 aromatic rings. The summed E-state index contributed by atoms with van der Waals surface area (Å²) in [5.74, 6) is 0. The van der Waals surface area contributed by atoms with Gasteiger partial charge >= 0.3 is 0 Å². The van der Waals surface area contributed by atoms with E-state index in [1.807, 2.05) is 13.8 Å². The second-order valence-electron chi connectivity index (χ2n) is 7.89. The lowest BCUT2D eigenvalue weighted by molar-refractivity contribution is 0.665. The van der Waals surface area contributed by atoms with Crippen molar-refractivity contribution in [2.24, 2.45) is 0 Å². The van der Waals surface area contributed by atoms with E-state index >= 15 is 0 Å². The number of hydrogen-bond acceptors (Lipinski definition) is 0. The molecule has 3 aromatic carbocycles. The fraction of sp³-hybridized carbons (Fsp3) is 0.407. The fourth-order valence-electron chi connectivity index (χ4n) is 3.89. The van der Waals surface area contributed by atoms with Crippen molar-refractivity contribution in [1.82, 2.24) is 0 Å². The summed E-state index contributed by atoms with van der Waals surface area (Å²) >= 11 is 0. The highest BCUT2D eigenvalue weighted by atomic mass is 14.4. The summed E-state index contributed by atoms with van der Waals surface area (Å²) in [6.07, 6.45) is 2.64. The lowest BCUT2D eigenvalue weighted by Gasteiger charge is -2.23. The Morgan fingerprint density at radius 1 is 0.704 bits per heavy atom. The van der Waals surface area contributed by atoms with Gasteiger partial charge < -0.3 is 0 Å². The molecule has 0 aliphatic heterocycles. The van der Waals surface area contributed by atoms with Gasteiger partial charge in [-0.05, 0) is 46.9 Å². The van der Waals surface area contributed by atoms with Crippen LogP contribution in [0.25, 0.3) is 21.9 Å². The molecule has 0 heteroatoms. The summed E-state index contributed by atoms with van der Waals surface area (Å²) in [6, 6.07) is 18.3. The second-order valence-corrected chi connectivity index (χ2v) is 7.89. The molecule has 27 heavy (non-hydrogen) atoms. The average Bonchev–Trinajstić information content (AvgIpc) is 2.90. The first-order valence-corrected chi connectivity index (χ1v) is 10.6. The number of benzene rings is 3. The maximum absolute atomic E-state index is 2.36. The lowest BCUT2D eigenvalue weighted by atomic mass is 9.80. The Labute approximate surface area is 166 Å². The molecule has 4 rings (SSSR count). The van der Waals surface area contributed by atoms with E-state index in [0.29, 0.717) is 0 Å². The van der Waals surface area contributed by atoms with E-state index in [4.69, 9.17) is 0 Å². The summed E-state index contributed by atoms with van der Waals surface area (Å²) in [7, 11) is 0. The molecule has 1 aliphatic rings. The van der Waals surface area contributed by atoms with Gasteiger partial charge in [0.15, 0.2) is 0 Å². The Balaban J connectivity index is 0.000000389. The van der Waals surface area contributed by atoms with Crippen molar-refractivity contribution >= 4 is 10.8 Å². The van der Waals surface area contributed by atoms with E-state index in [1.54, 1.807) is 0 Å². The van der Waals surface area contributed by atoms with Crippen LogP contribution in [0.3, 0.4) is 0 Å². The van der Waals surface area contributed by atoms with Crippen molar-refractivity contribution in [2.75, 3.05) is 0 Å². The highest BCUT2D eigenvalue weighted by Gasteiger charge is 2.36. The van der Waals surface area contributed by atoms with Gasteiger partial charge in [-0.3, -0.25) is 0 Å². The molecule has 0 unspecified atom stereocenters. The van der Waals surface area contributed by atoms with E-state index in [-0.39, 0.29) is 5.41 Å². The molecule has 0 radical (unpaired) electrons. The van der Waals surface area contributed by atoms with Crippen LogP contribution in [0.1, 0.15) is 76.6 Å². The predicted molar refractivity (Wildman–Crippen MR) is 123 cm³/mol. The van der Waals surface area contributed by atoms with Crippen molar-refractivity contribution in [1.29, 1.82) is 0 Å². The third kappa shape index (κ3) is 3.95. The maximum atomic E-state index is 2.36. The molecule has 0 N–H and O–H groups in total. The topological polar surface area (TPSA) is 0 Å². The van der Waals surface area contributed by atoms with Crippen molar-refractivity contribution in [3.8, 4) is 11.1 Å². The van der Waals surface area contributed by atoms with Crippen molar-refractivity contribution in [3.63, 3.8) is 0 Å².